The molecule has 2 rings (SSSR count). The smallest absolute Gasteiger partial charge is 0.124 e. The van der Waals surface area contributed by atoms with E-state index in [4.69, 9.17) is 22.1 Å². The van der Waals surface area contributed by atoms with Crippen LogP contribution in [0.25, 0.3) is 0 Å². The number of nitrogens with two attached hydrogens (primary N) is 1. The molecule has 4 nitrogen and oxygen atoms in total. The van der Waals surface area contributed by atoms with Gasteiger partial charge in [-0.1, -0.05) is 17.7 Å². The molecule has 112 valence electrons. The van der Waals surface area contributed by atoms with Gasteiger partial charge in [0.2, 0.25) is 0 Å². The molecule has 1 heterocycles. The lowest BCUT2D eigenvalue weighted by Gasteiger charge is -2.32. The summed E-state index contributed by atoms with van der Waals surface area (Å²) < 4.78 is 5.90. The first-order valence-electron chi connectivity index (χ1n) is 7.22. The second-order valence-corrected chi connectivity index (χ2v) is 5.66. The van der Waals surface area contributed by atoms with Crippen LogP contribution >= 0.6 is 11.6 Å². The maximum absolute atomic E-state index is 6.20. The van der Waals surface area contributed by atoms with Crippen molar-refractivity contribution < 1.29 is 4.74 Å². The first-order valence-corrected chi connectivity index (χ1v) is 7.59. The van der Waals surface area contributed by atoms with Gasteiger partial charge < -0.3 is 15.4 Å². The Bertz CT molecular complexity index is 420. The number of benzene rings is 1. The van der Waals surface area contributed by atoms with Gasteiger partial charge in [0, 0.05) is 43.3 Å². The molecule has 1 aliphatic heterocycles. The summed E-state index contributed by atoms with van der Waals surface area (Å²) in [4.78, 5) is 4.79. The average molecular weight is 298 g/mol. The van der Waals surface area contributed by atoms with Crippen molar-refractivity contribution in [3.8, 4) is 5.75 Å². The lowest BCUT2D eigenvalue weighted by atomic mass is 10.1. The normalized spacial score (nSPS) is 17.4. The van der Waals surface area contributed by atoms with Crippen molar-refractivity contribution in [2.24, 2.45) is 5.73 Å². The lowest BCUT2D eigenvalue weighted by Crippen LogP contribution is -2.45. The third-order valence-corrected chi connectivity index (χ3v) is 4.09. The summed E-state index contributed by atoms with van der Waals surface area (Å²) in [7, 11) is 2.17. The molecule has 0 atom stereocenters. The predicted molar refractivity (Wildman–Crippen MR) is 83.6 cm³/mol. The fourth-order valence-electron chi connectivity index (χ4n) is 2.42. The molecule has 0 amide bonds. The summed E-state index contributed by atoms with van der Waals surface area (Å²) >= 11 is 6.20. The Morgan fingerprint density at radius 3 is 2.70 bits per heavy atom. The molecule has 0 saturated carbocycles. The van der Waals surface area contributed by atoms with Crippen LogP contribution in [0.15, 0.2) is 18.2 Å². The van der Waals surface area contributed by atoms with Gasteiger partial charge in [-0.05, 0) is 32.1 Å². The molecule has 0 aliphatic carbocycles. The van der Waals surface area contributed by atoms with Crippen LogP contribution in [0.1, 0.15) is 5.56 Å². The van der Waals surface area contributed by atoms with Crippen LogP contribution in [0.2, 0.25) is 5.02 Å². The molecule has 1 saturated heterocycles. The van der Waals surface area contributed by atoms with Crippen LogP contribution in [0.5, 0.6) is 5.75 Å². The number of hydrogen-bond acceptors (Lipinski definition) is 4. The minimum atomic E-state index is 0.582. The molecule has 5 heteroatoms. The van der Waals surface area contributed by atoms with Gasteiger partial charge >= 0.3 is 0 Å². The zero-order chi connectivity index (χ0) is 14.4. The van der Waals surface area contributed by atoms with Gasteiger partial charge in [0.15, 0.2) is 0 Å². The lowest BCUT2D eigenvalue weighted by molar-refractivity contribution is 0.133. The van der Waals surface area contributed by atoms with E-state index in [1.807, 2.05) is 18.2 Å². The molecule has 1 aliphatic rings. The molecular weight excluding hydrogens is 274 g/mol. The van der Waals surface area contributed by atoms with Crippen molar-refractivity contribution in [3.05, 3.63) is 28.8 Å². The van der Waals surface area contributed by atoms with Gasteiger partial charge in [-0.25, -0.2) is 0 Å². The summed E-state index contributed by atoms with van der Waals surface area (Å²) in [5.74, 6) is 0.872. The highest BCUT2D eigenvalue weighted by Crippen LogP contribution is 2.26. The van der Waals surface area contributed by atoms with Crippen molar-refractivity contribution in [3.63, 3.8) is 0 Å². The van der Waals surface area contributed by atoms with E-state index in [1.54, 1.807) is 0 Å². The van der Waals surface area contributed by atoms with Crippen LogP contribution < -0.4 is 10.5 Å². The second kappa shape index (κ2) is 7.84. The number of rotatable bonds is 6. The van der Waals surface area contributed by atoms with E-state index < -0.39 is 0 Å². The molecule has 2 N–H and O–H groups in total. The van der Waals surface area contributed by atoms with E-state index in [1.165, 1.54) is 0 Å². The largest absolute Gasteiger partial charge is 0.492 e. The molecule has 0 aromatic heterocycles. The van der Waals surface area contributed by atoms with Crippen molar-refractivity contribution in [1.29, 1.82) is 0 Å². The molecule has 20 heavy (non-hydrogen) atoms. The van der Waals surface area contributed by atoms with E-state index in [0.29, 0.717) is 13.2 Å². The zero-order valence-electron chi connectivity index (χ0n) is 12.1. The topological polar surface area (TPSA) is 41.7 Å². The Kier molecular flexibility index (Phi) is 6.10. The predicted octanol–water partition coefficient (Wildman–Crippen LogP) is 1.47. The van der Waals surface area contributed by atoms with Gasteiger partial charge in [-0.3, -0.25) is 4.90 Å². The van der Waals surface area contributed by atoms with Gasteiger partial charge in [0.25, 0.3) is 0 Å². The Labute approximate surface area is 126 Å². The highest BCUT2D eigenvalue weighted by atomic mass is 35.5. The molecule has 0 unspecified atom stereocenters. The Hall–Kier alpha value is -0.810. The summed E-state index contributed by atoms with van der Waals surface area (Å²) in [6.45, 7) is 6.74. The Balaban J connectivity index is 1.83. The van der Waals surface area contributed by atoms with Gasteiger partial charge in [-0.2, -0.15) is 0 Å². The van der Waals surface area contributed by atoms with Crippen molar-refractivity contribution in [2.75, 3.05) is 52.9 Å². The maximum Gasteiger partial charge on any atom is 0.124 e. The number of nitrogens with zero attached hydrogens (tertiary/aromatic N) is 2. The van der Waals surface area contributed by atoms with Crippen LogP contribution in [-0.4, -0.2) is 62.7 Å². The van der Waals surface area contributed by atoms with Gasteiger partial charge in [0.1, 0.15) is 12.4 Å². The van der Waals surface area contributed by atoms with Crippen LogP contribution in [0, 0.1) is 0 Å². The highest BCUT2D eigenvalue weighted by Gasteiger charge is 2.14. The van der Waals surface area contributed by atoms with Crippen molar-refractivity contribution in [2.45, 2.75) is 6.42 Å². The van der Waals surface area contributed by atoms with E-state index in [-0.39, 0.29) is 0 Å². The Morgan fingerprint density at radius 2 is 2.00 bits per heavy atom. The highest BCUT2D eigenvalue weighted by molar-refractivity contribution is 6.31. The standard InChI is InChI=1S/C15H24ClN3O/c1-18-7-9-19(10-8-18)11-12-20-15-4-2-3-14(16)13(15)5-6-17/h2-4H,5-12,17H2,1H3. The number of halogens is 1. The molecule has 0 radical (unpaired) electrons. The molecule has 0 bridgehead atoms. The van der Waals surface area contributed by atoms with Gasteiger partial charge in [-0.15, -0.1) is 0 Å². The number of likely N-dealkylation sites (N-methyl/N-ethyl adjacent to an activating group) is 1. The van der Waals surface area contributed by atoms with E-state index in [2.05, 4.69) is 16.8 Å². The summed E-state index contributed by atoms with van der Waals surface area (Å²) in [6.07, 6.45) is 0.753. The summed E-state index contributed by atoms with van der Waals surface area (Å²) in [5.41, 5.74) is 6.65. The fraction of sp³-hybridized carbons (Fsp3) is 0.600. The maximum atomic E-state index is 6.20. The second-order valence-electron chi connectivity index (χ2n) is 5.25. The summed E-state index contributed by atoms with van der Waals surface area (Å²) in [6, 6.07) is 5.79. The Morgan fingerprint density at radius 1 is 1.25 bits per heavy atom. The molecule has 1 fully saturated rings. The number of piperazine rings is 1. The molecule has 0 spiro atoms. The average Bonchev–Trinajstić information content (AvgIpc) is 2.45. The van der Waals surface area contributed by atoms with Crippen LogP contribution in [-0.2, 0) is 6.42 Å². The van der Waals surface area contributed by atoms with E-state index in [0.717, 1.165) is 55.5 Å². The minimum absolute atomic E-state index is 0.582. The quantitative estimate of drug-likeness (QED) is 0.863. The SMILES string of the molecule is CN1CCN(CCOc2cccc(Cl)c2CCN)CC1. The minimum Gasteiger partial charge on any atom is -0.492 e. The van der Waals surface area contributed by atoms with Crippen molar-refractivity contribution in [1.82, 2.24) is 9.80 Å². The molecule has 1 aromatic carbocycles. The van der Waals surface area contributed by atoms with E-state index >= 15 is 0 Å². The summed E-state index contributed by atoms with van der Waals surface area (Å²) in [5, 5.41) is 0.743. The van der Waals surface area contributed by atoms with Crippen LogP contribution in [0.4, 0.5) is 0 Å². The third kappa shape index (κ3) is 4.35. The van der Waals surface area contributed by atoms with Crippen molar-refractivity contribution >= 4 is 11.6 Å². The van der Waals surface area contributed by atoms with Gasteiger partial charge in [0.05, 0.1) is 0 Å². The molecular formula is C15H24ClN3O. The zero-order valence-corrected chi connectivity index (χ0v) is 12.9. The van der Waals surface area contributed by atoms with Crippen LogP contribution in [0.3, 0.4) is 0 Å². The first-order chi connectivity index (χ1) is 9.70. The number of ether oxygens (including phenoxy) is 1. The van der Waals surface area contributed by atoms with E-state index in [9.17, 15) is 0 Å². The first kappa shape index (κ1) is 15.6. The number of hydrogen-bond donors (Lipinski definition) is 1. The monoisotopic (exact) mass is 297 g/mol. The fourth-order valence-corrected chi connectivity index (χ4v) is 2.68. The third-order valence-electron chi connectivity index (χ3n) is 3.73. The molecule has 1 aromatic rings.